The van der Waals surface area contributed by atoms with Crippen molar-refractivity contribution in [3.63, 3.8) is 0 Å². The molecule has 1 aliphatic heterocycles. The predicted molar refractivity (Wildman–Crippen MR) is 69.2 cm³/mol. The molecule has 100 valence electrons. The Morgan fingerprint density at radius 2 is 2.18 bits per heavy atom. The Kier molecular flexibility index (Phi) is 4.45. The first-order chi connectivity index (χ1) is 8.05. The Morgan fingerprint density at radius 1 is 1.35 bits per heavy atom. The minimum Gasteiger partial charge on any atom is -0.375 e. The van der Waals surface area contributed by atoms with Gasteiger partial charge in [0, 0.05) is 13.1 Å². The van der Waals surface area contributed by atoms with Gasteiger partial charge >= 0.3 is 0 Å². The van der Waals surface area contributed by atoms with E-state index in [1.54, 1.807) is 0 Å². The lowest BCUT2D eigenvalue weighted by Crippen LogP contribution is -2.52. The van der Waals surface area contributed by atoms with Crippen molar-refractivity contribution in [3.8, 4) is 0 Å². The van der Waals surface area contributed by atoms with Crippen LogP contribution < -0.4 is 5.32 Å². The highest BCUT2D eigenvalue weighted by atomic mass is 16.6. The van der Waals surface area contributed by atoms with Gasteiger partial charge in [0.05, 0.1) is 24.4 Å². The van der Waals surface area contributed by atoms with Crippen molar-refractivity contribution < 1.29 is 9.47 Å². The second-order valence-corrected chi connectivity index (χ2v) is 6.36. The van der Waals surface area contributed by atoms with Gasteiger partial charge in [0.2, 0.25) is 0 Å². The van der Waals surface area contributed by atoms with Gasteiger partial charge in [-0.1, -0.05) is 19.8 Å². The van der Waals surface area contributed by atoms with Crippen LogP contribution in [-0.2, 0) is 9.47 Å². The molecule has 2 aliphatic rings. The van der Waals surface area contributed by atoms with Crippen LogP contribution in [0.25, 0.3) is 0 Å². The van der Waals surface area contributed by atoms with Crippen LogP contribution in [0.3, 0.4) is 0 Å². The summed E-state index contributed by atoms with van der Waals surface area (Å²) >= 11 is 0. The first kappa shape index (κ1) is 13.3. The molecule has 2 fully saturated rings. The van der Waals surface area contributed by atoms with E-state index in [0.717, 1.165) is 25.6 Å². The normalized spacial score (nSPS) is 37.9. The molecule has 1 aliphatic carbocycles. The molecule has 1 saturated carbocycles. The number of nitrogens with one attached hydrogen (secondary N) is 1. The van der Waals surface area contributed by atoms with Crippen LogP contribution in [0.2, 0.25) is 0 Å². The molecule has 0 spiro atoms. The Morgan fingerprint density at radius 3 is 2.88 bits per heavy atom. The second kappa shape index (κ2) is 5.68. The van der Waals surface area contributed by atoms with Gasteiger partial charge < -0.3 is 14.8 Å². The van der Waals surface area contributed by atoms with Gasteiger partial charge in [-0.3, -0.25) is 0 Å². The monoisotopic (exact) mass is 241 g/mol. The molecular formula is C14H27NO2. The maximum Gasteiger partial charge on any atom is 0.0940 e. The van der Waals surface area contributed by atoms with Gasteiger partial charge in [0.25, 0.3) is 0 Å². The minimum absolute atomic E-state index is 0.0495. The maximum absolute atomic E-state index is 6.02. The number of hydrogen-bond donors (Lipinski definition) is 1. The van der Waals surface area contributed by atoms with E-state index in [9.17, 15) is 0 Å². The first-order valence-corrected chi connectivity index (χ1v) is 7.05. The van der Waals surface area contributed by atoms with E-state index in [2.05, 4.69) is 26.1 Å². The zero-order valence-electron chi connectivity index (χ0n) is 11.5. The second-order valence-electron chi connectivity index (χ2n) is 6.36. The van der Waals surface area contributed by atoms with Crippen LogP contribution in [0, 0.1) is 5.92 Å². The van der Waals surface area contributed by atoms with Gasteiger partial charge in [-0.15, -0.1) is 0 Å². The number of hydrogen-bond acceptors (Lipinski definition) is 3. The zero-order valence-corrected chi connectivity index (χ0v) is 11.5. The molecule has 3 nitrogen and oxygen atoms in total. The Labute approximate surface area is 105 Å². The third-order valence-electron chi connectivity index (χ3n) is 3.81. The molecule has 0 bridgehead atoms. The molecule has 17 heavy (non-hydrogen) atoms. The topological polar surface area (TPSA) is 30.5 Å². The Balaban J connectivity index is 1.70. The lowest BCUT2D eigenvalue weighted by atomic mass is 9.89. The average molecular weight is 241 g/mol. The minimum atomic E-state index is -0.0495. The standard InChI is InChI=1S/C14H27NO2/c1-11-5-4-6-12(7-11)16-9-13-8-15-10-14(2,3)17-13/h11-13,15H,4-10H2,1-3H3. The fourth-order valence-corrected chi connectivity index (χ4v) is 2.93. The third-order valence-corrected chi connectivity index (χ3v) is 3.81. The smallest absolute Gasteiger partial charge is 0.0940 e. The van der Waals surface area contributed by atoms with Crippen molar-refractivity contribution >= 4 is 0 Å². The highest BCUT2D eigenvalue weighted by molar-refractivity contribution is 4.81. The van der Waals surface area contributed by atoms with Crippen molar-refractivity contribution in [1.82, 2.24) is 5.32 Å². The summed E-state index contributed by atoms with van der Waals surface area (Å²) in [6, 6.07) is 0. The molecule has 0 radical (unpaired) electrons. The van der Waals surface area contributed by atoms with Crippen LogP contribution in [0.1, 0.15) is 46.5 Å². The Bertz CT molecular complexity index is 242. The number of rotatable bonds is 3. The van der Waals surface area contributed by atoms with Crippen LogP contribution >= 0.6 is 0 Å². The summed E-state index contributed by atoms with van der Waals surface area (Å²) in [6.07, 6.45) is 5.83. The van der Waals surface area contributed by atoms with Crippen LogP contribution in [0.15, 0.2) is 0 Å². The maximum atomic E-state index is 6.02. The van der Waals surface area contributed by atoms with Crippen LogP contribution in [0.5, 0.6) is 0 Å². The van der Waals surface area contributed by atoms with Gasteiger partial charge in [0.15, 0.2) is 0 Å². The molecule has 0 amide bonds. The van der Waals surface area contributed by atoms with Crippen molar-refractivity contribution in [2.24, 2.45) is 5.92 Å². The highest BCUT2D eigenvalue weighted by Gasteiger charge is 2.29. The Hall–Kier alpha value is -0.120. The fourth-order valence-electron chi connectivity index (χ4n) is 2.93. The molecular weight excluding hydrogens is 214 g/mol. The van der Waals surface area contributed by atoms with E-state index in [0.29, 0.717) is 6.10 Å². The van der Waals surface area contributed by atoms with Crippen molar-refractivity contribution in [3.05, 3.63) is 0 Å². The molecule has 1 N–H and O–H groups in total. The third kappa shape index (κ3) is 4.23. The average Bonchev–Trinajstić information content (AvgIpc) is 2.25. The van der Waals surface area contributed by atoms with Crippen molar-refractivity contribution in [2.75, 3.05) is 19.7 Å². The molecule has 2 rings (SSSR count). The fraction of sp³-hybridized carbons (Fsp3) is 1.00. The molecule has 0 aromatic carbocycles. The van der Waals surface area contributed by atoms with E-state index in [1.807, 2.05) is 0 Å². The SMILES string of the molecule is CC1CCCC(OCC2CNCC(C)(C)O2)C1. The summed E-state index contributed by atoms with van der Waals surface area (Å²) in [4.78, 5) is 0. The van der Waals surface area contributed by atoms with Crippen molar-refractivity contribution in [1.29, 1.82) is 0 Å². The summed E-state index contributed by atoms with van der Waals surface area (Å²) in [5.41, 5.74) is -0.0495. The zero-order chi connectivity index (χ0) is 12.3. The largest absolute Gasteiger partial charge is 0.375 e. The number of morpholine rings is 1. The molecule has 1 heterocycles. The van der Waals surface area contributed by atoms with Gasteiger partial charge in [-0.2, -0.15) is 0 Å². The van der Waals surface area contributed by atoms with Gasteiger partial charge in [0.1, 0.15) is 0 Å². The van der Waals surface area contributed by atoms with Crippen LogP contribution in [0.4, 0.5) is 0 Å². The molecule has 3 heteroatoms. The summed E-state index contributed by atoms with van der Waals surface area (Å²) in [5.74, 6) is 0.829. The molecule has 3 atom stereocenters. The molecule has 0 aromatic rings. The first-order valence-electron chi connectivity index (χ1n) is 7.05. The lowest BCUT2D eigenvalue weighted by molar-refractivity contribution is -0.133. The summed E-state index contributed by atoms with van der Waals surface area (Å²) in [5, 5.41) is 3.42. The lowest BCUT2D eigenvalue weighted by Gasteiger charge is -2.37. The summed E-state index contributed by atoms with van der Waals surface area (Å²) in [7, 11) is 0. The molecule has 1 saturated heterocycles. The predicted octanol–water partition coefficient (Wildman–Crippen LogP) is 2.35. The van der Waals surface area contributed by atoms with E-state index in [4.69, 9.17) is 9.47 Å². The van der Waals surface area contributed by atoms with E-state index >= 15 is 0 Å². The number of ether oxygens (including phenoxy) is 2. The van der Waals surface area contributed by atoms with E-state index in [1.165, 1.54) is 25.7 Å². The van der Waals surface area contributed by atoms with E-state index in [-0.39, 0.29) is 11.7 Å². The molecule has 3 unspecified atom stereocenters. The van der Waals surface area contributed by atoms with E-state index < -0.39 is 0 Å². The summed E-state index contributed by atoms with van der Waals surface area (Å²) < 4.78 is 12.0. The highest BCUT2D eigenvalue weighted by Crippen LogP contribution is 2.26. The van der Waals surface area contributed by atoms with Gasteiger partial charge in [-0.25, -0.2) is 0 Å². The molecule has 0 aromatic heterocycles. The van der Waals surface area contributed by atoms with Crippen molar-refractivity contribution in [2.45, 2.75) is 64.3 Å². The van der Waals surface area contributed by atoms with Gasteiger partial charge in [-0.05, 0) is 32.6 Å². The summed E-state index contributed by atoms with van der Waals surface area (Å²) in [6.45, 7) is 9.20. The van der Waals surface area contributed by atoms with Crippen LogP contribution in [-0.4, -0.2) is 37.5 Å². The quantitative estimate of drug-likeness (QED) is 0.822.